The van der Waals surface area contributed by atoms with Crippen LogP contribution in [0, 0.1) is 5.82 Å². The number of carboxylic acids is 1. The number of aliphatic carboxylic acids is 1. The van der Waals surface area contributed by atoms with Crippen molar-refractivity contribution in [2.24, 2.45) is 0 Å². The van der Waals surface area contributed by atoms with Crippen molar-refractivity contribution >= 4 is 27.7 Å². The maximum absolute atomic E-state index is 13.2. The second-order valence-electron chi connectivity index (χ2n) is 2.66. The minimum atomic E-state index is -1.25. The standard InChI is InChI=1S/C10H6BrFO3/c11-6-1-2-7(8(12)5-6)9(13)3-4-10(14)15/h1-5H,(H,14,15). The molecule has 0 saturated heterocycles. The van der Waals surface area contributed by atoms with Crippen LogP contribution in [-0.2, 0) is 4.79 Å². The van der Waals surface area contributed by atoms with Crippen LogP contribution in [-0.4, -0.2) is 16.9 Å². The Morgan fingerprint density at radius 2 is 2.00 bits per heavy atom. The average Bonchev–Trinajstić information content (AvgIpc) is 2.14. The van der Waals surface area contributed by atoms with Crippen LogP contribution in [0.2, 0.25) is 0 Å². The van der Waals surface area contributed by atoms with Crippen LogP contribution in [0.4, 0.5) is 4.39 Å². The Labute approximate surface area is 93.4 Å². The summed E-state index contributed by atoms with van der Waals surface area (Å²) in [6.07, 6.45) is 1.48. The number of benzene rings is 1. The number of carboxylic acid groups (broad SMARTS) is 1. The number of carbonyl (C=O) groups is 2. The molecule has 0 amide bonds. The van der Waals surface area contributed by atoms with Gasteiger partial charge in [0.1, 0.15) is 5.82 Å². The zero-order valence-electron chi connectivity index (χ0n) is 7.41. The zero-order valence-corrected chi connectivity index (χ0v) is 8.99. The maximum Gasteiger partial charge on any atom is 0.328 e. The van der Waals surface area contributed by atoms with E-state index in [0.717, 1.165) is 12.1 Å². The van der Waals surface area contributed by atoms with Crippen LogP contribution in [0.5, 0.6) is 0 Å². The summed E-state index contributed by atoms with van der Waals surface area (Å²) in [7, 11) is 0. The van der Waals surface area contributed by atoms with E-state index in [4.69, 9.17) is 5.11 Å². The second kappa shape index (κ2) is 4.84. The van der Waals surface area contributed by atoms with E-state index in [1.54, 1.807) is 0 Å². The number of hydrogen-bond acceptors (Lipinski definition) is 2. The summed E-state index contributed by atoms with van der Waals surface area (Å²) >= 11 is 3.04. The zero-order chi connectivity index (χ0) is 11.4. The Kier molecular flexibility index (Phi) is 3.74. The first kappa shape index (κ1) is 11.6. The van der Waals surface area contributed by atoms with Gasteiger partial charge >= 0.3 is 5.97 Å². The third-order valence-electron chi connectivity index (χ3n) is 1.57. The number of hydrogen-bond donors (Lipinski definition) is 1. The van der Waals surface area contributed by atoms with Gasteiger partial charge in [0.05, 0.1) is 5.56 Å². The molecule has 15 heavy (non-hydrogen) atoms. The van der Waals surface area contributed by atoms with E-state index < -0.39 is 17.6 Å². The van der Waals surface area contributed by atoms with Crippen molar-refractivity contribution in [3.63, 3.8) is 0 Å². The summed E-state index contributed by atoms with van der Waals surface area (Å²) in [5.74, 6) is -2.62. The smallest absolute Gasteiger partial charge is 0.328 e. The molecule has 78 valence electrons. The summed E-state index contributed by atoms with van der Waals surface area (Å²) < 4.78 is 13.7. The van der Waals surface area contributed by atoms with E-state index in [-0.39, 0.29) is 5.56 Å². The Morgan fingerprint density at radius 1 is 1.33 bits per heavy atom. The van der Waals surface area contributed by atoms with Gasteiger partial charge in [0.2, 0.25) is 0 Å². The van der Waals surface area contributed by atoms with Crippen molar-refractivity contribution in [1.29, 1.82) is 0 Å². The SMILES string of the molecule is O=C(O)C=CC(=O)c1ccc(Br)cc1F. The van der Waals surface area contributed by atoms with Gasteiger partial charge in [0.15, 0.2) is 5.78 Å². The molecule has 0 aliphatic carbocycles. The molecule has 0 spiro atoms. The van der Waals surface area contributed by atoms with Gasteiger partial charge in [-0.05, 0) is 24.3 Å². The number of ketones is 1. The molecule has 0 radical (unpaired) electrons. The first-order valence-electron chi connectivity index (χ1n) is 3.91. The van der Waals surface area contributed by atoms with E-state index in [1.165, 1.54) is 12.1 Å². The number of allylic oxidation sites excluding steroid dienone is 1. The lowest BCUT2D eigenvalue weighted by Gasteiger charge is -1.98. The van der Waals surface area contributed by atoms with Crippen molar-refractivity contribution in [1.82, 2.24) is 0 Å². The predicted molar refractivity (Wildman–Crippen MR) is 55.2 cm³/mol. The highest BCUT2D eigenvalue weighted by molar-refractivity contribution is 9.10. The normalized spacial score (nSPS) is 10.5. The molecule has 0 atom stereocenters. The second-order valence-corrected chi connectivity index (χ2v) is 3.58. The van der Waals surface area contributed by atoms with Gasteiger partial charge in [-0.25, -0.2) is 9.18 Å². The minimum absolute atomic E-state index is 0.157. The summed E-state index contributed by atoms with van der Waals surface area (Å²) in [6.45, 7) is 0. The molecule has 3 nitrogen and oxygen atoms in total. The Morgan fingerprint density at radius 3 is 2.53 bits per heavy atom. The molecule has 0 aliphatic heterocycles. The number of carbonyl (C=O) groups excluding carboxylic acids is 1. The molecule has 0 saturated carbocycles. The number of halogens is 2. The number of rotatable bonds is 3. The first-order valence-corrected chi connectivity index (χ1v) is 4.70. The minimum Gasteiger partial charge on any atom is -0.478 e. The molecule has 0 fully saturated rings. The lowest BCUT2D eigenvalue weighted by Crippen LogP contribution is -2.00. The summed E-state index contributed by atoms with van der Waals surface area (Å²) in [5.41, 5.74) is -0.157. The van der Waals surface area contributed by atoms with Crippen molar-refractivity contribution in [2.45, 2.75) is 0 Å². The van der Waals surface area contributed by atoms with Crippen LogP contribution in [0.1, 0.15) is 10.4 Å². The van der Waals surface area contributed by atoms with Gasteiger partial charge < -0.3 is 5.11 Å². The van der Waals surface area contributed by atoms with Crippen molar-refractivity contribution in [3.05, 3.63) is 46.2 Å². The monoisotopic (exact) mass is 272 g/mol. The highest BCUT2D eigenvalue weighted by atomic mass is 79.9. The van der Waals surface area contributed by atoms with Gasteiger partial charge in [-0.3, -0.25) is 4.79 Å². The molecule has 0 unspecified atom stereocenters. The molecule has 0 heterocycles. The Balaban J connectivity index is 2.97. The molecule has 5 heteroatoms. The molecule has 0 aromatic heterocycles. The van der Waals surface area contributed by atoms with Crippen molar-refractivity contribution < 1.29 is 19.1 Å². The van der Waals surface area contributed by atoms with Crippen molar-refractivity contribution in [3.8, 4) is 0 Å². The molecular weight excluding hydrogens is 267 g/mol. The van der Waals surface area contributed by atoms with E-state index in [9.17, 15) is 14.0 Å². The van der Waals surface area contributed by atoms with Gasteiger partial charge in [0.25, 0.3) is 0 Å². The Hall–Kier alpha value is -1.49. The summed E-state index contributed by atoms with van der Waals surface area (Å²) in [6, 6.07) is 3.93. The molecule has 1 N–H and O–H groups in total. The topological polar surface area (TPSA) is 54.4 Å². The molecule has 0 bridgehead atoms. The lowest BCUT2D eigenvalue weighted by molar-refractivity contribution is -0.131. The van der Waals surface area contributed by atoms with Gasteiger partial charge in [-0.1, -0.05) is 15.9 Å². The lowest BCUT2D eigenvalue weighted by atomic mass is 10.1. The average molecular weight is 273 g/mol. The quantitative estimate of drug-likeness (QED) is 0.679. The van der Waals surface area contributed by atoms with Crippen LogP contribution in [0.25, 0.3) is 0 Å². The highest BCUT2D eigenvalue weighted by Gasteiger charge is 2.09. The molecule has 1 aromatic rings. The maximum atomic E-state index is 13.2. The third-order valence-corrected chi connectivity index (χ3v) is 2.07. The fourth-order valence-electron chi connectivity index (χ4n) is 0.926. The highest BCUT2D eigenvalue weighted by Crippen LogP contribution is 2.15. The molecular formula is C10H6BrFO3. The largest absolute Gasteiger partial charge is 0.478 e. The summed E-state index contributed by atoms with van der Waals surface area (Å²) in [5, 5.41) is 8.28. The van der Waals surface area contributed by atoms with E-state index >= 15 is 0 Å². The van der Waals surface area contributed by atoms with Crippen LogP contribution in [0.3, 0.4) is 0 Å². The van der Waals surface area contributed by atoms with Gasteiger partial charge in [-0.15, -0.1) is 0 Å². The van der Waals surface area contributed by atoms with Crippen LogP contribution >= 0.6 is 15.9 Å². The molecule has 0 aliphatic rings. The van der Waals surface area contributed by atoms with E-state index in [1.807, 2.05) is 0 Å². The molecule has 1 rings (SSSR count). The van der Waals surface area contributed by atoms with Gasteiger partial charge in [0, 0.05) is 10.5 Å². The predicted octanol–water partition coefficient (Wildman–Crippen LogP) is 2.41. The first-order chi connectivity index (χ1) is 7.00. The third kappa shape index (κ3) is 3.28. The van der Waals surface area contributed by atoms with Crippen molar-refractivity contribution in [2.75, 3.05) is 0 Å². The fraction of sp³-hybridized carbons (Fsp3) is 0. The van der Waals surface area contributed by atoms with Crippen LogP contribution < -0.4 is 0 Å². The van der Waals surface area contributed by atoms with E-state index in [2.05, 4.69) is 15.9 Å². The molecule has 1 aromatic carbocycles. The summed E-state index contributed by atoms with van der Waals surface area (Å²) in [4.78, 5) is 21.4. The van der Waals surface area contributed by atoms with Crippen LogP contribution in [0.15, 0.2) is 34.8 Å². The Bertz CT molecular complexity index is 440. The van der Waals surface area contributed by atoms with E-state index in [0.29, 0.717) is 10.5 Å². The fourth-order valence-corrected chi connectivity index (χ4v) is 1.26. The van der Waals surface area contributed by atoms with Gasteiger partial charge in [-0.2, -0.15) is 0 Å².